The summed E-state index contributed by atoms with van der Waals surface area (Å²) in [4.78, 5) is -0.729. The highest BCUT2D eigenvalue weighted by Crippen LogP contribution is 2.33. The maximum atomic E-state index is 14.2. The maximum Gasteiger partial charge on any atom is 0.268 e. The number of rotatable bonds is 4. The molecule has 33 heavy (non-hydrogen) atoms. The van der Waals surface area contributed by atoms with E-state index in [1.807, 2.05) is 0 Å². The molecule has 5 rings (SSSR count). The molecule has 0 spiro atoms. The van der Waals surface area contributed by atoms with Gasteiger partial charge >= 0.3 is 0 Å². The fraction of sp³-hybridized carbons (Fsp3) is 0.190. The fourth-order valence-corrected chi connectivity index (χ4v) is 5.27. The molecule has 0 fully saturated rings. The lowest BCUT2D eigenvalue weighted by molar-refractivity contribution is 0.382. The normalized spacial score (nSPS) is 14.4. The topological polar surface area (TPSA) is 94.1 Å². The van der Waals surface area contributed by atoms with Gasteiger partial charge in [-0.1, -0.05) is 0 Å². The molecule has 1 aliphatic heterocycles. The van der Waals surface area contributed by atoms with Gasteiger partial charge in [0.2, 0.25) is 15.9 Å². The minimum atomic E-state index is -4.31. The molecule has 0 amide bonds. The number of hydrogen-bond donors (Lipinski definition) is 0. The van der Waals surface area contributed by atoms with Crippen LogP contribution in [-0.4, -0.2) is 39.2 Å². The van der Waals surface area contributed by atoms with Crippen molar-refractivity contribution in [2.75, 3.05) is 6.54 Å². The van der Waals surface area contributed by atoms with Gasteiger partial charge in [0.05, 0.1) is 0 Å². The van der Waals surface area contributed by atoms with E-state index in [0.717, 1.165) is 22.1 Å². The van der Waals surface area contributed by atoms with E-state index in [-0.39, 0.29) is 30.6 Å². The summed E-state index contributed by atoms with van der Waals surface area (Å²) in [7, 11) is -2.61. The van der Waals surface area contributed by atoms with Gasteiger partial charge in [0.25, 0.3) is 5.89 Å². The lowest BCUT2D eigenvalue weighted by Crippen LogP contribution is -2.36. The summed E-state index contributed by atoms with van der Waals surface area (Å²) in [5.74, 6) is -2.09. The number of sulfonamides is 1. The SMILES string of the molecule is Cn1nc(-c2nnc(-c3ccc(F)cc3)o2)c2c1CCN(S(=O)(=O)c1cc(F)ccc1F)C2. The second-order valence-electron chi connectivity index (χ2n) is 7.48. The van der Waals surface area contributed by atoms with Crippen LogP contribution in [0.15, 0.2) is 51.8 Å². The second-order valence-corrected chi connectivity index (χ2v) is 9.39. The first-order valence-electron chi connectivity index (χ1n) is 9.84. The number of hydrogen-bond acceptors (Lipinski definition) is 6. The second kappa shape index (κ2) is 7.81. The molecular weight excluding hydrogens is 459 g/mol. The van der Waals surface area contributed by atoms with Gasteiger partial charge in [-0.3, -0.25) is 4.68 Å². The molecule has 12 heteroatoms. The highest BCUT2D eigenvalue weighted by molar-refractivity contribution is 7.89. The molecule has 0 atom stereocenters. The summed E-state index contributed by atoms with van der Waals surface area (Å²) in [6.45, 7) is -0.0695. The Kier molecular flexibility index (Phi) is 5.05. The molecule has 0 saturated heterocycles. The average Bonchev–Trinajstić information content (AvgIpc) is 3.40. The zero-order chi connectivity index (χ0) is 23.3. The lowest BCUT2D eigenvalue weighted by atomic mass is 10.1. The molecule has 2 aromatic carbocycles. The van der Waals surface area contributed by atoms with Crippen molar-refractivity contribution in [1.82, 2.24) is 24.3 Å². The number of nitrogens with zero attached hydrogens (tertiary/aromatic N) is 5. The van der Waals surface area contributed by atoms with Gasteiger partial charge in [-0.15, -0.1) is 10.2 Å². The highest BCUT2D eigenvalue weighted by Gasteiger charge is 2.35. The van der Waals surface area contributed by atoms with E-state index in [9.17, 15) is 21.6 Å². The first-order valence-corrected chi connectivity index (χ1v) is 11.3. The molecular formula is C21H16F3N5O3S. The molecule has 8 nitrogen and oxygen atoms in total. The maximum absolute atomic E-state index is 14.2. The van der Waals surface area contributed by atoms with Crippen molar-refractivity contribution in [1.29, 1.82) is 0 Å². The van der Waals surface area contributed by atoms with Crippen molar-refractivity contribution in [3.8, 4) is 23.0 Å². The minimum Gasteiger partial charge on any atom is -0.415 e. The van der Waals surface area contributed by atoms with Crippen LogP contribution in [0.4, 0.5) is 13.2 Å². The molecule has 0 saturated carbocycles. The Hall–Kier alpha value is -3.51. The number of halogens is 3. The van der Waals surface area contributed by atoms with Crippen LogP contribution in [0.1, 0.15) is 11.3 Å². The van der Waals surface area contributed by atoms with E-state index in [2.05, 4.69) is 15.3 Å². The molecule has 4 aromatic rings. The number of aryl methyl sites for hydroxylation is 1. The van der Waals surface area contributed by atoms with Crippen LogP contribution in [0.5, 0.6) is 0 Å². The summed E-state index contributed by atoms with van der Waals surface area (Å²) in [6.07, 6.45) is 0.300. The standard InChI is InChI=1S/C21H16F3N5O3S/c1-28-17-8-9-29(33(30,31)18-10-14(23)6-7-16(18)24)11-15(17)19(27-28)21-26-25-20(32-21)12-2-4-13(22)5-3-12/h2-7,10H,8-9,11H2,1H3. The zero-order valence-electron chi connectivity index (χ0n) is 17.2. The molecule has 0 radical (unpaired) electrons. The van der Waals surface area contributed by atoms with Gasteiger partial charge in [-0.2, -0.15) is 9.40 Å². The summed E-state index contributed by atoms with van der Waals surface area (Å²) in [6, 6.07) is 7.80. The van der Waals surface area contributed by atoms with E-state index < -0.39 is 32.4 Å². The van der Waals surface area contributed by atoms with Crippen molar-refractivity contribution in [2.24, 2.45) is 7.05 Å². The van der Waals surface area contributed by atoms with Crippen LogP contribution >= 0.6 is 0 Å². The Balaban J connectivity index is 1.51. The molecule has 0 unspecified atom stereocenters. The Morgan fingerprint density at radius 1 is 0.970 bits per heavy atom. The quantitative estimate of drug-likeness (QED) is 0.450. The summed E-state index contributed by atoms with van der Waals surface area (Å²) >= 11 is 0. The van der Waals surface area contributed by atoms with E-state index >= 15 is 0 Å². The third-order valence-electron chi connectivity index (χ3n) is 5.44. The van der Waals surface area contributed by atoms with Gasteiger partial charge in [0, 0.05) is 43.4 Å². The number of benzene rings is 2. The van der Waals surface area contributed by atoms with Crippen molar-refractivity contribution >= 4 is 10.0 Å². The smallest absolute Gasteiger partial charge is 0.268 e. The molecule has 1 aliphatic rings. The number of fused-ring (bicyclic) bond motifs is 1. The van der Waals surface area contributed by atoms with Crippen LogP contribution in [0.3, 0.4) is 0 Å². The van der Waals surface area contributed by atoms with Gasteiger partial charge in [-0.25, -0.2) is 21.6 Å². The van der Waals surface area contributed by atoms with Gasteiger partial charge in [0.1, 0.15) is 22.3 Å². The highest BCUT2D eigenvalue weighted by atomic mass is 32.2. The molecule has 3 heterocycles. The summed E-state index contributed by atoms with van der Waals surface area (Å²) in [5.41, 5.74) is 2.08. The van der Waals surface area contributed by atoms with Crippen LogP contribution in [0, 0.1) is 17.5 Å². The van der Waals surface area contributed by atoms with Crippen LogP contribution in [0.2, 0.25) is 0 Å². The number of aromatic nitrogens is 4. The van der Waals surface area contributed by atoms with Crippen LogP contribution in [0.25, 0.3) is 23.0 Å². The first-order chi connectivity index (χ1) is 15.7. The Bertz CT molecular complexity index is 1470. The van der Waals surface area contributed by atoms with E-state index in [1.54, 1.807) is 11.7 Å². The molecule has 0 N–H and O–H groups in total. The van der Waals surface area contributed by atoms with Crippen molar-refractivity contribution in [3.63, 3.8) is 0 Å². The Morgan fingerprint density at radius 3 is 2.42 bits per heavy atom. The van der Waals surface area contributed by atoms with Crippen LogP contribution < -0.4 is 0 Å². The monoisotopic (exact) mass is 475 g/mol. The summed E-state index contributed by atoms with van der Waals surface area (Å²) in [5, 5.41) is 12.4. The Labute approximate surface area is 186 Å². The first kappa shape index (κ1) is 21.3. The molecule has 170 valence electrons. The van der Waals surface area contributed by atoms with Gasteiger partial charge in [-0.05, 0) is 42.5 Å². The molecule has 0 aliphatic carbocycles. The largest absolute Gasteiger partial charge is 0.415 e. The van der Waals surface area contributed by atoms with E-state index in [1.165, 1.54) is 24.3 Å². The summed E-state index contributed by atoms with van der Waals surface area (Å²) < 4.78 is 75.5. The van der Waals surface area contributed by atoms with E-state index in [4.69, 9.17) is 4.42 Å². The van der Waals surface area contributed by atoms with Crippen molar-refractivity contribution < 1.29 is 26.0 Å². The lowest BCUT2D eigenvalue weighted by Gasteiger charge is -2.26. The zero-order valence-corrected chi connectivity index (χ0v) is 18.0. The van der Waals surface area contributed by atoms with Gasteiger partial charge < -0.3 is 4.42 Å². The fourth-order valence-electron chi connectivity index (χ4n) is 3.79. The van der Waals surface area contributed by atoms with Crippen molar-refractivity contribution in [2.45, 2.75) is 17.9 Å². The van der Waals surface area contributed by atoms with Crippen LogP contribution in [-0.2, 0) is 30.0 Å². The molecule has 2 aromatic heterocycles. The van der Waals surface area contributed by atoms with Gasteiger partial charge in [0.15, 0.2) is 5.69 Å². The predicted octanol–water partition coefficient (Wildman–Crippen LogP) is 3.30. The third-order valence-corrected chi connectivity index (χ3v) is 7.30. The third kappa shape index (κ3) is 3.70. The van der Waals surface area contributed by atoms with Crippen molar-refractivity contribution in [3.05, 3.63) is 71.2 Å². The van der Waals surface area contributed by atoms with E-state index in [0.29, 0.717) is 23.6 Å². The Morgan fingerprint density at radius 2 is 1.67 bits per heavy atom. The average molecular weight is 475 g/mol. The molecule has 0 bridgehead atoms. The minimum absolute atomic E-state index is 0.0577. The predicted molar refractivity (Wildman–Crippen MR) is 110 cm³/mol.